The average Bonchev–Trinajstić information content (AvgIpc) is 3.09. The first kappa shape index (κ1) is 23.4. The van der Waals surface area contributed by atoms with Crippen molar-refractivity contribution in [2.75, 3.05) is 6.61 Å². The lowest BCUT2D eigenvalue weighted by Crippen LogP contribution is -2.39. The summed E-state index contributed by atoms with van der Waals surface area (Å²) in [6.07, 6.45) is 1.86. The van der Waals surface area contributed by atoms with E-state index in [1.807, 2.05) is 42.5 Å². The molecule has 0 bridgehead atoms. The summed E-state index contributed by atoms with van der Waals surface area (Å²) in [6, 6.07) is 15.3. The van der Waals surface area contributed by atoms with Gasteiger partial charge in [0.2, 0.25) is 0 Å². The van der Waals surface area contributed by atoms with Gasteiger partial charge < -0.3 is 4.74 Å². The number of hydrogen-bond acceptors (Lipinski definition) is 5. The van der Waals surface area contributed by atoms with Gasteiger partial charge in [-0.3, -0.25) is 9.36 Å². The van der Waals surface area contributed by atoms with Crippen molar-refractivity contribution in [3.8, 4) is 0 Å². The van der Waals surface area contributed by atoms with Gasteiger partial charge in [0.15, 0.2) is 4.80 Å². The number of aromatic nitrogens is 1. The monoisotopic (exact) mass is 524 g/mol. The SMILES string of the molecule is CCOC(=O)C1=C(C)N=c2sc(=Cc3ccc(Br)cc3)c(=O)n2C1c1ccc(C(C)C)cc1. The molecule has 2 heterocycles. The molecule has 1 aliphatic rings. The van der Waals surface area contributed by atoms with E-state index in [1.165, 1.54) is 16.9 Å². The van der Waals surface area contributed by atoms with Crippen LogP contribution in [0.5, 0.6) is 0 Å². The Bertz CT molecular complexity index is 1400. The van der Waals surface area contributed by atoms with Gasteiger partial charge in [0, 0.05) is 4.47 Å². The summed E-state index contributed by atoms with van der Waals surface area (Å²) >= 11 is 4.77. The number of carbonyl (C=O) groups excluding carboxylic acids is 1. The van der Waals surface area contributed by atoms with E-state index in [1.54, 1.807) is 18.4 Å². The summed E-state index contributed by atoms with van der Waals surface area (Å²) in [4.78, 5) is 31.7. The van der Waals surface area contributed by atoms with Crippen molar-refractivity contribution >= 4 is 39.3 Å². The van der Waals surface area contributed by atoms with Crippen LogP contribution in [0.4, 0.5) is 0 Å². The minimum absolute atomic E-state index is 0.172. The van der Waals surface area contributed by atoms with Crippen molar-refractivity contribution in [1.82, 2.24) is 4.57 Å². The van der Waals surface area contributed by atoms with E-state index in [0.29, 0.717) is 26.5 Å². The molecule has 0 spiro atoms. The van der Waals surface area contributed by atoms with Gasteiger partial charge >= 0.3 is 5.97 Å². The smallest absolute Gasteiger partial charge is 0.338 e. The summed E-state index contributed by atoms with van der Waals surface area (Å²) in [5.74, 6) is -0.0624. The number of benzene rings is 2. The second kappa shape index (κ2) is 9.61. The van der Waals surface area contributed by atoms with Crippen LogP contribution in [0.15, 0.2) is 74.1 Å². The minimum Gasteiger partial charge on any atom is -0.463 e. The summed E-state index contributed by atoms with van der Waals surface area (Å²) in [6.45, 7) is 8.09. The lowest BCUT2D eigenvalue weighted by Gasteiger charge is -2.25. The third-order valence-electron chi connectivity index (χ3n) is 5.60. The highest BCUT2D eigenvalue weighted by Gasteiger charge is 2.33. The third kappa shape index (κ3) is 4.66. The molecule has 0 radical (unpaired) electrons. The molecule has 5 nitrogen and oxygen atoms in total. The van der Waals surface area contributed by atoms with Crippen molar-refractivity contribution in [1.29, 1.82) is 0 Å². The topological polar surface area (TPSA) is 60.7 Å². The fourth-order valence-corrected chi connectivity index (χ4v) is 5.19. The molecule has 0 saturated heterocycles. The highest BCUT2D eigenvalue weighted by atomic mass is 79.9. The summed E-state index contributed by atoms with van der Waals surface area (Å²) in [7, 11) is 0. The first-order valence-corrected chi connectivity index (χ1v) is 12.5. The molecule has 0 fully saturated rings. The molecule has 1 aromatic heterocycles. The van der Waals surface area contributed by atoms with Gasteiger partial charge in [-0.15, -0.1) is 0 Å². The second-order valence-corrected chi connectivity index (χ2v) is 10.1. The molecular formula is C26H25BrN2O3S. The third-order valence-corrected chi connectivity index (χ3v) is 7.12. The van der Waals surface area contributed by atoms with E-state index in [2.05, 4.69) is 46.9 Å². The Hall–Kier alpha value is -2.77. The second-order valence-electron chi connectivity index (χ2n) is 8.18. The van der Waals surface area contributed by atoms with Gasteiger partial charge in [0.25, 0.3) is 5.56 Å². The molecular weight excluding hydrogens is 500 g/mol. The summed E-state index contributed by atoms with van der Waals surface area (Å²) in [5, 5.41) is 0. The lowest BCUT2D eigenvalue weighted by atomic mass is 9.93. The fourth-order valence-electron chi connectivity index (χ4n) is 3.88. The van der Waals surface area contributed by atoms with E-state index < -0.39 is 12.0 Å². The maximum absolute atomic E-state index is 13.6. The number of fused-ring (bicyclic) bond motifs is 1. The molecule has 1 atom stereocenters. The van der Waals surface area contributed by atoms with Crippen molar-refractivity contribution in [3.63, 3.8) is 0 Å². The predicted octanol–water partition coefficient (Wildman–Crippen LogP) is 4.68. The highest BCUT2D eigenvalue weighted by molar-refractivity contribution is 9.10. The number of esters is 1. The van der Waals surface area contributed by atoms with E-state index in [-0.39, 0.29) is 12.2 Å². The number of thiazole rings is 1. The molecule has 0 saturated carbocycles. The zero-order valence-corrected chi connectivity index (χ0v) is 21.4. The van der Waals surface area contributed by atoms with Gasteiger partial charge in [-0.1, -0.05) is 77.5 Å². The molecule has 170 valence electrons. The minimum atomic E-state index is -0.589. The number of rotatable bonds is 5. The quantitative estimate of drug-likeness (QED) is 0.455. The fraction of sp³-hybridized carbons (Fsp3) is 0.269. The number of halogens is 1. The molecule has 1 aliphatic heterocycles. The van der Waals surface area contributed by atoms with Crippen LogP contribution in [0.2, 0.25) is 0 Å². The number of nitrogens with zero attached hydrogens (tertiary/aromatic N) is 2. The highest BCUT2D eigenvalue weighted by Crippen LogP contribution is 2.31. The van der Waals surface area contributed by atoms with Crippen molar-refractivity contribution < 1.29 is 9.53 Å². The van der Waals surface area contributed by atoms with Crippen LogP contribution in [0, 0.1) is 0 Å². The zero-order valence-electron chi connectivity index (χ0n) is 19.0. The van der Waals surface area contributed by atoms with Crippen LogP contribution in [0.3, 0.4) is 0 Å². The lowest BCUT2D eigenvalue weighted by molar-refractivity contribution is -0.139. The van der Waals surface area contributed by atoms with Crippen molar-refractivity contribution in [2.45, 2.75) is 39.7 Å². The van der Waals surface area contributed by atoms with Crippen LogP contribution in [0.1, 0.15) is 56.3 Å². The summed E-state index contributed by atoms with van der Waals surface area (Å²) < 4.78 is 8.52. The largest absolute Gasteiger partial charge is 0.463 e. The van der Waals surface area contributed by atoms with E-state index in [9.17, 15) is 9.59 Å². The molecule has 0 N–H and O–H groups in total. The first-order chi connectivity index (χ1) is 15.8. The molecule has 0 amide bonds. The maximum atomic E-state index is 13.6. The first-order valence-electron chi connectivity index (χ1n) is 10.8. The van der Waals surface area contributed by atoms with Gasteiger partial charge in [-0.25, -0.2) is 9.79 Å². The molecule has 0 aliphatic carbocycles. The van der Waals surface area contributed by atoms with Gasteiger partial charge in [-0.2, -0.15) is 0 Å². The molecule has 1 unspecified atom stereocenters. The van der Waals surface area contributed by atoms with E-state index in [0.717, 1.165) is 15.6 Å². The number of allylic oxidation sites excluding steroid dienone is 1. The Morgan fingerprint density at radius 2 is 1.85 bits per heavy atom. The molecule has 3 aromatic rings. The molecule has 2 aromatic carbocycles. The normalized spacial score (nSPS) is 16.1. The van der Waals surface area contributed by atoms with Crippen molar-refractivity contribution in [3.05, 3.63) is 101 Å². The van der Waals surface area contributed by atoms with Crippen molar-refractivity contribution in [2.24, 2.45) is 4.99 Å². The number of hydrogen-bond donors (Lipinski definition) is 0. The van der Waals surface area contributed by atoms with E-state index in [4.69, 9.17) is 4.74 Å². The van der Waals surface area contributed by atoms with Gasteiger partial charge in [0.05, 0.1) is 28.5 Å². The number of ether oxygens (including phenoxy) is 1. The van der Waals surface area contributed by atoms with Crippen LogP contribution < -0.4 is 14.9 Å². The Kier molecular flexibility index (Phi) is 6.81. The molecule has 33 heavy (non-hydrogen) atoms. The Morgan fingerprint density at radius 1 is 1.18 bits per heavy atom. The Morgan fingerprint density at radius 3 is 2.45 bits per heavy atom. The Balaban J connectivity index is 1.92. The van der Waals surface area contributed by atoms with Gasteiger partial charge in [-0.05, 0) is 54.7 Å². The van der Waals surface area contributed by atoms with Crippen LogP contribution in [-0.4, -0.2) is 17.1 Å². The zero-order chi connectivity index (χ0) is 23.7. The summed E-state index contributed by atoms with van der Waals surface area (Å²) in [5.41, 5.74) is 3.77. The number of carbonyl (C=O) groups is 1. The Labute approximate surface area is 204 Å². The molecule has 4 rings (SSSR count). The van der Waals surface area contributed by atoms with Gasteiger partial charge in [0.1, 0.15) is 0 Å². The van der Waals surface area contributed by atoms with Crippen LogP contribution in [0.25, 0.3) is 6.08 Å². The van der Waals surface area contributed by atoms with Crippen LogP contribution in [-0.2, 0) is 9.53 Å². The predicted molar refractivity (Wildman–Crippen MR) is 135 cm³/mol. The standard InChI is InChI=1S/C26H25BrN2O3S/c1-5-32-25(31)22-16(4)28-26-29(23(22)19-10-8-18(9-11-19)15(2)3)24(30)21(33-26)14-17-6-12-20(27)13-7-17/h6-15,23H,5H2,1-4H3. The van der Waals surface area contributed by atoms with Crippen LogP contribution >= 0.6 is 27.3 Å². The molecule has 7 heteroatoms. The van der Waals surface area contributed by atoms with E-state index >= 15 is 0 Å². The average molecular weight is 525 g/mol. The maximum Gasteiger partial charge on any atom is 0.338 e.